The first kappa shape index (κ1) is 14.6. The zero-order valence-electron chi connectivity index (χ0n) is 11.0. The molecule has 0 aliphatic carbocycles. The average molecular weight is 384 g/mol. The summed E-state index contributed by atoms with van der Waals surface area (Å²) in [6.07, 6.45) is 0. The van der Waals surface area contributed by atoms with Gasteiger partial charge in [-0.05, 0) is 46.9 Å². The standard InChI is InChI=1S/C14H13IN2O3/c1-16(10-4-3-5-12(8-10)20-2)11-6-7-14(17(18)19)13(15)9-11/h3-9H,1-2H3. The van der Waals surface area contributed by atoms with Crippen molar-refractivity contribution >= 4 is 39.7 Å². The summed E-state index contributed by atoms with van der Waals surface area (Å²) in [5.74, 6) is 0.769. The first-order valence-electron chi connectivity index (χ1n) is 5.84. The summed E-state index contributed by atoms with van der Waals surface area (Å²) < 4.78 is 5.81. The molecule has 104 valence electrons. The largest absolute Gasteiger partial charge is 0.497 e. The van der Waals surface area contributed by atoms with Gasteiger partial charge in [-0.15, -0.1) is 0 Å². The van der Waals surface area contributed by atoms with Crippen LogP contribution in [0.5, 0.6) is 5.75 Å². The molecule has 2 rings (SSSR count). The molecule has 0 atom stereocenters. The zero-order chi connectivity index (χ0) is 14.7. The molecule has 0 bridgehead atoms. The van der Waals surface area contributed by atoms with Crippen LogP contribution in [0.4, 0.5) is 17.1 Å². The summed E-state index contributed by atoms with van der Waals surface area (Å²) in [5.41, 5.74) is 1.95. The fourth-order valence-corrected chi connectivity index (χ4v) is 2.52. The van der Waals surface area contributed by atoms with E-state index < -0.39 is 0 Å². The van der Waals surface area contributed by atoms with Gasteiger partial charge in [0.15, 0.2) is 0 Å². The third-order valence-electron chi connectivity index (χ3n) is 2.96. The summed E-state index contributed by atoms with van der Waals surface area (Å²) in [4.78, 5) is 12.4. The third kappa shape index (κ3) is 3.01. The molecule has 0 unspecified atom stereocenters. The van der Waals surface area contributed by atoms with E-state index >= 15 is 0 Å². The topological polar surface area (TPSA) is 55.6 Å². The van der Waals surface area contributed by atoms with E-state index in [0.717, 1.165) is 17.1 Å². The lowest BCUT2D eigenvalue weighted by Crippen LogP contribution is -2.09. The van der Waals surface area contributed by atoms with Crippen molar-refractivity contribution in [2.45, 2.75) is 0 Å². The molecule has 2 aromatic rings. The first-order valence-corrected chi connectivity index (χ1v) is 6.92. The third-order valence-corrected chi connectivity index (χ3v) is 3.82. The van der Waals surface area contributed by atoms with Crippen LogP contribution in [0, 0.1) is 13.7 Å². The van der Waals surface area contributed by atoms with Gasteiger partial charge in [0.05, 0.1) is 15.6 Å². The van der Waals surface area contributed by atoms with Gasteiger partial charge in [-0.25, -0.2) is 0 Å². The molecule has 0 spiro atoms. The van der Waals surface area contributed by atoms with E-state index in [9.17, 15) is 10.1 Å². The Morgan fingerprint density at radius 3 is 2.50 bits per heavy atom. The second kappa shape index (κ2) is 6.08. The van der Waals surface area contributed by atoms with Gasteiger partial charge in [0.2, 0.25) is 0 Å². The Bertz CT molecular complexity index is 646. The van der Waals surface area contributed by atoms with Gasteiger partial charge in [0, 0.05) is 30.6 Å². The predicted octanol–water partition coefficient (Wildman–Crippen LogP) is 3.98. The Hall–Kier alpha value is -1.83. The quantitative estimate of drug-likeness (QED) is 0.455. The molecule has 20 heavy (non-hydrogen) atoms. The summed E-state index contributed by atoms with van der Waals surface area (Å²) >= 11 is 1.97. The minimum atomic E-state index is -0.378. The van der Waals surface area contributed by atoms with Crippen molar-refractivity contribution in [2.75, 3.05) is 19.1 Å². The van der Waals surface area contributed by atoms with Crippen LogP contribution in [0.2, 0.25) is 0 Å². The van der Waals surface area contributed by atoms with E-state index in [0.29, 0.717) is 3.57 Å². The minimum absolute atomic E-state index is 0.119. The van der Waals surface area contributed by atoms with Crippen LogP contribution in [0.3, 0.4) is 0 Å². The summed E-state index contributed by atoms with van der Waals surface area (Å²) in [6.45, 7) is 0. The molecule has 0 radical (unpaired) electrons. The maximum Gasteiger partial charge on any atom is 0.282 e. The molecule has 0 saturated carbocycles. The molecule has 5 nitrogen and oxygen atoms in total. The number of nitro benzene ring substituents is 1. The average Bonchev–Trinajstić information content (AvgIpc) is 2.46. The number of methoxy groups -OCH3 is 1. The zero-order valence-corrected chi connectivity index (χ0v) is 13.2. The molecule has 2 aromatic carbocycles. The summed E-state index contributed by atoms with van der Waals surface area (Å²) in [7, 11) is 3.53. The van der Waals surface area contributed by atoms with Gasteiger partial charge in [0.25, 0.3) is 5.69 Å². The molecule has 0 N–H and O–H groups in total. The van der Waals surface area contributed by atoms with Crippen LogP contribution >= 0.6 is 22.6 Å². The predicted molar refractivity (Wildman–Crippen MR) is 86.9 cm³/mol. The van der Waals surface area contributed by atoms with Crippen molar-refractivity contribution in [3.63, 3.8) is 0 Å². The van der Waals surface area contributed by atoms with Crippen LogP contribution in [-0.2, 0) is 0 Å². The number of benzene rings is 2. The van der Waals surface area contributed by atoms with Gasteiger partial charge >= 0.3 is 0 Å². The van der Waals surface area contributed by atoms with E-state index in [4.69, 9.17) is 4.74 Å². The van der Waals surface area contributed by atoms with E-state index in [1.54, 1.807) is 19.2 Å². The second-order valence-electron chi connectivity index (χ2n) is 4.15. The molecule has 0 aliphatic rings. The highest BCUT2D eigenvalue weighted by molar-refractivity contribution is 14.1. The summed E-state index contributed by atoms with van der Waals surface area (Å²) in [5, 5.41) is 10.8. The maximum atomic E-state index is 10.8. The van der Waals surface area contributed by atoms with E-state index in [1.165, 1.54) is 6.07 Å². The number of rotatable bonds is 4. The van der Waals surface area contributed by atoms with Crippen molar-refractivity contribution in [3.8, 4) is 5.75 Å². The van der Waals surface area contributed by atoms with E-state index in [1.807, 2.05) is 58.8 Å². The Morgan fingerprint density at radius 1 is 1.20 bits per heavy atom. The lowest BCUT2D eigenvalue weighted by atomic mass is 10.2. The highest BCUT2D eigenvalue weighted by Gasteiger charge is 2.14. The fourth-order valence-electron chi connectivity index (χ4n) is 1.82. The van der Waals surface area contributed by atoms with Gasteiger partial charge in [-0.2, -0.15) is 0 Å². The van der Waals surface area contributed by atoms with Crippen LogP contribution in [0.15, 0.2) is 42.5 Å². The van der Waals surface area contributed by atoms with Crippen LogP contribution in [-0.4, -0.2) is 19.1 Å². The molecule has 0 aromatic heterocycles. The van der Waals surface area contributed by atoms with E-state index in [-0.39, 0.29) is 10.6 Å². The monoisotopic (exact) mass is 384 g/mol. The smallest absolute Gasteiger partial charge is 0.282 e. The molecule has 0 saturated heterocycles. The number of nitrogens with zero attached hydrogens (tertiary/aromatic N) is 2. The highest BCUT2D eigenvalue weighted by Crippen LogP contribution is 2.30. The first-order chi connectivity index (χ1) is 9.52. The van der Waals surface area contributed by atoms with Crippen molar-refractivity contribution in [3.05, 3.63) is 56.1 Å². The van der Waals surface area contributed by atoms with Crippen LogP contribution in [0.1, 0.15) is 0 Å². The lowest BCUT2D eigenvalue weighted by Gasteiger charge is -2.20. The molecule has 0 amide bonds. The van der Waals surface area contributed by atoms with Crippen LogP contribution < -0.4 is 9.64 Å². The molecule has 0 fully saturated rings. The Balaban J connectivity index is 2.35. The normalized spacial score (nSPS) is 10.2. The number of ether oxygens (including phenoxy) is 1. The Kier molecular flexibility index (Phi) is 4.43. The van der Waals surface area contributed by atoms with Crippen molar-refractivity contribution in [2.24, 2.45) is 0 Å². The van der Waals surface area contributed by atoms with Crippen LogP contribution in [0.25, 0.3) is 0 Å². The molecular weight excluding hydrogens is 371 g/mol. The summed E-state index contributed by atoms with van der Waals surface area (Å²) in [6, 6.07) is 12.7. The van der Waals surface area contributed by atoms with Crippen molar-refractivity contribution in [1.82, 2.24) is 0 Å². The van der Waals surface area contributed by atoms with Gasteiger partial charge in [-0.3, -0.25) is 10.1 Å². The number of hydrogen-bond donors (Lipinski definition) is 0. The Labute approximate surface area is 130 Å². The highest BCUT2D eigenvalue weighted by atomic mass is 127. The maximum absolute atomic E-state index is 10.8. The number of halogens is 1. The Morgan fingerprint density at radius 2 is 1.90 bits per heavy atom. The van der Waals surface area contributed by atoms with Crippen molar-refractivity contribution in [1.29, 1.82) is 0 Å². The van der Waals surface area contributed by atoms with Gasteiger partial charge < -0.3 is 9.64 Å². The van der Waals surface area contributed by atoms with Crippen molar-refractivity contribution < 1.29 is 9.66 Å². The van der Waals surface area contributed by atoms with Gasteiger partial charge in [0.1, 0.15) is 5.75 Å². The lowest BCUT2D eigenvalue weighted by molar-refractivity contribution is -0.385. The molecular formula is C14H13IN2O3. The number of nitro groups is 1. The molecule has 0 heterocycles. The molecule has 6 heteroatoms. The number of anilines is 2. The van der Waals surface area contributed by atoms with E-state index in [2.05, 4.69) is 0 Å². The SMILES string of the molecule is COc1cccc(N(C)c2ccc([N+](=O)[O-])c(I)c2)c1. The fraction of sp³-hybridized carbons (Fsp3) is 0.143. The minimum Gasteiger partial charge on any atom is -0.497 e. The van der Waals surface area contributed by atoms with Gasteiger partial charge in [-0.1, -0.05) is 6.07 Å². The molecule has 0 aliphatic heterocycles. The number of hydrogen-bond acceptors (Lipinski definition) is 4. The second-order valence-corrected chi connectivity index (χ2v) is 5.32.